The highest BCUT2D eigenvalue weighted by Crippen LogP contribution is 2.65. The second kappa shape index (κ2) is 6.44. The minimum Gasteiger partial charge on any atom is -0.393 e. The van der Waals surface area contributed by atoms with Crippen molar-refractivity contribution in [2.75, 3.05) is 0 Å². The van der Waals surface area contributed by atoms with Gasteiger partial charge in [0.15, 0.2) is 5.78 Å². The number of rotatable bonds is 0. The Morgan fingerprint density at radius 3 is 2.54 bits per heavy atom. The van der Waals surface area contributed by atoms with Crippen molar-refractivity contribution in [3.63, 3.8) is 0 Å². The van der Waals surface area contributed by atoms with E-state index in [9.17, 15) is 9.90 Å². The Labute approximate surface area is 147 Å². The predicted octanol–water partition coefficient (Wildman–Crippen LogP) is 5.07. The van der Waals surface area contributed by atoms with Crippen molar-refractivity contribution in [2.24, 2.45) is 28.6 Å². The Kier molecular flexibility index (Phi) is 4.81. The lowest BCUT2D eigenvalue weighted by Gasteiger charge is -2.57. The molecule has 0 aromatic heterocycles. The standard InChI is InChI=1S/C19H28O2.C3H6/c1-18-9-7-13(20)11-12(18)3-4-14-15-5-6-17(21)19(15,2)10-8-16(14)18;1-3-2/h11,14-17,21H,3-10H2,1-2H3;3H,1H2,2H3. The molecule has 4 rings (SSSR count). The van der Waals surface area contributed by atoms with Gasteiger partial charge in [0.05, 0.1) is 6.10 Å². The summed E-state index contributed by atoms with van der Waals surface area (Å²) in [5.74, 6) is 2.57. The number of hydrogen-bond donors (Lipinski definition) is 1. The summed E-state index contributed by atoms with van der Waals surface area (Å²) in [7, 11) is 0. The Balaban J connectivity index is 0.000000526. The van der Waals surface area contributed by atoms with Crippen molar-refractivity contribution in [3.8, 4) is 0 Å². The highest BCUT2D eigenvalue weighted by Gasteiger charge is 2.58. The van der Waals surface area contributed by atoms with Crippen molar-refractivity contribution in [1.82, 2.24) is 0 Å². The summed E-state index contributed by atoms with van der Waals surface area (Å²) in [4.78, 5) is 11.8. The lowest BCUT2D eigenvalue weighted by atomic mass is 9.47. The molecular formula is C22H34O2. The van der Waals surface area contributed by atoms with Crippen LogP contribution in [-0.4, -0.2) is 17.0 Å². The van der Waals surface area contributed by atoms with Gasteiger partial charge in [0.1, 0.15) is 0 Å². The maximum Gasteiger partial charge on any atom is 0.155 e. The number of aliphatic hydroxyl groups is 1. The van der Waals surface area contributed by atoms with E-state index in [0.29, 0.717) is 11.7 Å². The summed E-state index contributed by atoms with van der Waals surface area (Å²) >= 11 is 0. The van der Waals surface area contributed by atoms with E-state index >= 15 is 0 Å². The van der Waals surface area contributed by atoms with Crippen LogP contribution >= 0.6 is 0 Å². The first-order valence-electron chi connectivity index (χ1n) is 9.86. The molecule has 0 amide bonds. The van der Waals surface area contributed by atoms with Crippen LogP contribution in [0.3, 0.4) is 0 Å². The van der Waals surface area contributed by atoms with E-state index in [-0.39, 0.29) is 16.9 Å². The van der Waals surface area contributed by atoms with Gasteiger partial charge >= 0.3 is 0 Å². The Bertz CT molecular complexity index is 548. The zero-order chi connectivity index (χ0) is 17.5. The predicted molar refractivity (Wildman–Crippen MR) is 98.6 cm³/mol. The first-order valence-corrected chi connectivity index (χ1v) is 9.86. The van der Waals surface area contributed by atoms with Crippen LogP contribution < -0.4 is 0 Å². The SMILES string of the molecule is C=CC.CC12CCC(=O)C=C1CCC1C2CCC2(C)C(O)CCC12. The van der Waals surface area contributed by atoms with Crippen molar-refractivity contribution in [1.29, 1.82) is 0 Å². The maximum atomic E-state index is 11.8. The molecule has 6 unspecified atom stereocenters. The van der Waals surface area contributed by atoms with Crippen molar-refractivity contribution >= 4 is 5.78 Å². The van der Waals surface area contributed by atoms with Crippen LogP contribution in [0.25, 0.3) is 0 Å². The normalized spacial score (nSPS) is 46.7. The minimum atomic E-state index is -0.0823. The third-order valence-electron chi connectivity index (χ3n) is 7.91. The molecule has 3 saturated carbocycles. The van der Waals surface area contributed by atoms with E-state index < -0.39 is 0 Å². The molecule has 2 nitrogen and oxygen atoms in total. The first kappa shape index (κ1) is 17.9. The van der Waals surface area contributed by atoms with Gasteiger partial charge in [-0.05, 0) is 86.5 Å². The third kappa shape index (κ3) is 2.62. The molecule has 0 bridgehead atoms. The van der Waals surface area contributed by atoms with Gasteiger partial charge in [0, 0.05) is 6.42 Å². The minimum absolute atomic E-state index is 0.0823. The number of allylic oxidation sites excluding steroid dienone is 2. The van der Waals surface area contributed by atoms with Crippen LogP contribution in [0, 0.1) is 28.6 Å². The van der Waals surface area contributed by atoms with Crippen LogP contribution in [0.4, 0.5) is 0 Å². The fourth-order valence-corrected chi connectivity index (χ4v) is 6.53. The molecule has 0 saturated heterocycles. The number of hydrogen-bond acceptors (Lipinski definition) is 2. The summed E-state index contributed by atoms with van der Waals surface area (Å²) in [6.45, 7) is 10.0. The van der Waals surface area contributed by atoms with Gasteiger partial charge in [-0.15, -0.1) is 6.58 Å². The second-order valence-electron chi connectivity index (χ2n) is 9.01. The topological polar surface area (TPSA) is 37.3 Å². The number of carbonyl (C=O) groups excluding carboxylic acids is 1. The lowest BCUT2D eigenvalue weighted by molar-refractivity contribution is -0.118. The van der Waals surface area contributed by atoms with Gasteiger partial charge in [-0.2, -0.15) is 0 Å². The van der Waals surface area contributed by atoms with E-state index in [1.165, 1.54) is 31.3 Å². The lowest BCUT2D eigenvalue weighted by Crippen LogP contribution is -2.51. The number of fused-ring (bicyclic) bond motifs is 5. The molecule has 0 aromatic rings. The van der Waals surface area contributed by atoms with E-state index in [4.69, 9.17) is 0 Å². The molecular weight excluding hydrogens is 296 g/mol. The molecule has 0 spiro atoms. The van der Waals surface area contributed by atoms with Crippen LogP contribution in [0.15, 0.2) is 24.3 Å². The molecule has 6 atom stereocenters. The molecule has 0 heterocycles. The second-order valence-corrected chi connectivity index (χ2v) is 9.01. The van der Waals surface area contributed by atoms with Gasteiger partial charge in [-0.25, -0.2) is 0 Å². The number of ketones is 1. The van der Waals surface area contributed by atoms with Gasteiger partial charge in [-0.3, -0.25) is 4.79 Å². The number of carbonyl (C=O) groups is 1. The van der Waals surface area contributed by atoms with E-state index in [1.54, 1.807) is 6.08 Å². The fraction of sp³-hybridized carbons (Fsp3) is 0.773. The average Bonchev–Trinajstić information content (AvgIpc) is 2.84. The van der Waals surface area contributed by atoms with Crippen molar-refractivity contribution in [3.05, 3.63) is 24.3 Å². The molecule has 2 heteroatoms. The molecule has 1 N–H and O–H groups in total. The molecule has 0 aromatic carbocycles. The Morgan fingerprint density at radius 1 is 1.12 bits per heavy atom. The highest BCUT2D eigenvalue weighted by atomic mass is 16.3. The highest BCUT2D eigenvalue weighted by molar-refractivity contribution is 5.91. The summed E-state index contributed by atoms with van der Waals surface area (Å²) in [6, 6.07) is 0. The van der Waals surface area contributed by atoms with E-state index in [0.717, 1.165) is 37.5 Å². The maximum absolute atomic E-state index is 11.8. The van der Waals surface area contributed by atoms with Gasteiger partial charge < -0.3 is 5.11 Å². The summed E-state index contributed by atoms with van der Waals surface area (Å²) < 4.78 is 0. The molecule has 24 heavy (non-hydrogen) atoms. The van der Waals surface area contributed by atoms with Crippen LogP contribution in [0.5, 0.6) is 0 Å². The largest absolute Gasteiger partial charge is 0.393 e. The van der Waals surface area contributed by atoms with Crippen molar-refractivity contribution in [2.45, 2.75) is 78.2 Å². The Morgan fingerprint density at radius 2 is 1.83 bits per heavy atom. The zero-order valence-corrected chi connectivity index (χ0v) is 15.7. The molecule has 0 aliphatic heterocycles. The van der Waals surface area contributed by atoms with Gasteiger partial charge in [0.25, 0.3) is 0 Å². The van der Waals surface area contributed by atoms with Crippen LogP contribution in [0.2, 0.25) is 0 Å². The van der Waals surface area contributed by atoms with Gasteiger partial charge in [0.2, 0.25) is 0 Å². The smallest absolute Gasteiger partial charge is 0.155 e. The van der Waals surface area contributed by atoms with Crippen LogP contribution in [0.1, 0.15) is 72.1 Å². The zero-order valence-electron chi connectivity index (χ0n) is 15.7. The third-order valence-corrected chi connectivity index (χ3v) is 7.91. The first-order chi connectivity index (χ1) is 11.4. The molecule has 134 valence electrons. The quantitative estimate of drug-likeness (QED) is 0.629. The summed E-state index contributed by atoms with van der Waals surface area (Å²) in [5.41, 5.74) is 1.89. The molecule has 3 fully saturated rings. The number of aliphatic hydroxyl groups excluding tert-OH is 1. The summed E-state index contributed by atoms with van der Waals surface area (Å²) in [6.07, 6.45) is 12.5. The molecule has 4 aliphatic carbocycles. The van der Waals surface area contributed by atoms with E-state index in [1.807, 2.05) is 13.0 Å². The monoisotopic (exact) mass is 330 g/mol. The van der Waals surface area contributed by atoms with Crippen LogP contribution in [-0.2, 0) is 4.79 Å². The van der Waals surface area contributed by atoms with Gasteiger partial charge in [-0.1, -0.05) is 25.5 Å². The fourth-order valence-electron chi connectivity index (χ4n) is 6.53. The van der Waals surface area contributed by atoms with E-state index in [2.05, 4.69) is 20.4 Å². The summed E-state index contributed by atoms with van der Waals surface area (Å²) in [5, 5.41) is 10.4. The average molecular weight is 331 g/mol. The molecule has 4 aliphatic rings. The van der Waals surface area contributed by atoms with Crippen molar-refractivity contribution < 1.29 is 9.90 Å². The molecule has 0 radical (unpaired) electrons. The Hall–Kier alpha value is -0.890.